The molecular formula is C21H16ClN3O3. The van der Waals surface area contributed by atoms with Crippen LogP contribution in [0.25, 0.3) is 17.0 Å². The number of barbiturate groups is 1. The Kier molecular flexibility index (Phi) is 4.28. The summed E-state index contributed by atoms with van der Waals surface area (Å²) in [6, 6.07) is 13.2. The summed E-state index contributed by atoms with van der Waals surface area (Å²) >= 11 is 5.89. The van der Waals surface area contributed by atoms with Crippen LogP contribution >= 0.6 is 11.6 Å². The molecule has 0 saturated carbocycles. The van der Waals surface area contributed by atoms with Crippen molar-refractivity contribution in [3.05, 3.63) is 70.4 Å². The number of fused-ring (bicyclic) bond motifs is 1. The zero-order valence-corrected chi connectivity index (χ0v) is 15.9. The Morgan fingerprint density at radius 1 is 1.00 bits per heavy atom. The van der Waals surface area contributed by atoms with Gasteiger partial charge < -0.3 is 4.57 Å². The number of anilines is 1. The van der Waals surface area contributed by atoms with Gasteiger partial charge in [0.25, 0.3) is 11.8 Å². The van der Waals surface area contributed by atoms with Gasteiger partial charge >= 0.3 is 6.03 Å². The maximum atomic E-state index is 13.0. The molecule has 1 fully saturated rings. The van der Waals surface area contributed by atoms with Crippen LogP contribution in [-0.2, 0) is 16.6 Å². The number of hydrogen-bond donors (Lipinski definition) is 1. The number of urea groups is 1. The Bertz CT molecular complexity index is 1180. The average molecular weight is 394 g/mol. The largest absolute Gasteiger partial charge is 0.347 e. The fourth-order valence-electron chi connectivity index (χ4n) is 3.36. The number of aryl methyl sites for hydroxylation is 1. The summed E-state index contributed by atoms with van der Waals surface area (Å²) in [5, 5.41) is 3.64. The van der Waals surface area contributed by atoms with Crippen LogP contribution in [0.2, 0.25) is 5.02 Å². The molecule has 140 valence electrons. The van der Waals surface area contributed by atoms with Crippen LogP contribution in [0, 0.1) is 6.92 Å². The highest BCUT2D eigenvalue weighted by atomic mass is 35.5. The van der Waals surface area contributed by atoms with E-state index in [1.807, 2.05) is 42.8 Å². The van der Waals surface area contributed by atoms with Crippen LogP contribution in [0.5, 0.6) is 0 Å². The smallest absolute Gasteiger partial charge is 0.335 e. The van der Waals surface area contributed by atoms with Crippen LogP contribution in [0.3, 0.4) is 0 Å². The van der Waals surface area contributed by atoms with Gasteiger partial charge in [-0.15, -0.1) is 0 Å². The van der Waals surface area contributed by atoms with Gasteiger partial charge in [-0.05, 0) is 43.3 Å². The molecule has 0 spiro atoms. The molecule has 1 aliphatic rings. The van der Waals surface area contributed by atoms with Crippen molar-refractivity contribution in [3.63, 3.8) is 0 Å². The standard InChI is InChI=1S/C21H16ClN3O3/c1-12-16(15-5-3-4-6-18(15)24(12)2)11-17-19(26)23-21(28)25(20(17)27)14-9-7-13(22)8-10-14/h3-11H,1-2H3,(H,23,26,28)/b17-11-. The number of benzene rings is 2. The maximum Gasteiger partial charge on any atom is 0.335 e. The quantitative estimate of drug-likeness (QED) is 0.531. The molecule has 0 atom stereocenters. The molecule has 28 heavy (non-hydrogen) atoms. The second-order valence-electron chi connectivity index (χ2n) is 6.51. The minimum atomic E-state index is -0.788. The fourth-order valence-corrected chi connectivity index (χ4v) is 3.48. The SMILES string of the molecule is Cc1c(/C=C2/C(=O)NC(=O)N(c3ccc(Cl)cc3)C2=O)c2ccccc2n1C. The number of imide groups is 2. The summed E-state index contributed by atoms with van der Waals surface area (Å²) < 4.78 is 2.00. The Labute approximate surface area is 166 Å². The van der Waals surface area contributed by atoms with E-state index in [1.165, 1.54) is 0 Å². The normalized spacial score (nSPS) is 16.2. The minimum absolute atomic E-state index is 0.103. The molecule has 4 rings (SSSR count). The molecule has 6 nitrogen and oxygen atoms in total. The third kappa shape index (κ3) is 2.78. The molecule has 0 radical (unpaired) electrons. The summed E-state index contributed by atoms with van der Waals surface area (Å²) in [6.45, 7) is 1.92. The van der Waals surface area contributed by atoms with E-state index in [4.69, 9.17) is 11.6 Å². The Morgan fingerprint density at radius 3 is 2.39 bits per heavy atom. The van der Waals surface area contributed by atoms with Gasteiger partial charge in [0.15, 0.2) is 0 Å². The van der Waals surface area contributed by atoms with Crippen LogP contribution in [0.1, 0.15) is 11.3 Å². The maximum absolute atomic E-state index is 13.0. The van der Waals surface area contributed by atoms with Crippen LogP contribution < -0.4 is 10.2 Å². The monoisotopic (exact) mass is 393 g/mol. The number of carbonyl (C=O) groups is 3. The molecule has 0 aliphatic carbocycles. The number of hydrogen-bond acceptors (Lipinski definition) is 3. The highest BCUT2D eigenvalue weighted by molar-refractivity contribution is 6.39. The highest BCUT2D eigenvalue weighted by Crippen LogP contribution is 2.29. The van der Waals surface area contributed by atoms with Crippen molar-refractivity contribution in [1.29, 1.82) is 0 Å². The number of halogens is 1. The summed E-state index contributed by atoms with van der Waals surface area (Å²) in [5.74, 6) is -1.39. The van der Waals surface area contributed by atoms with Gasteiger partial charge in [0, 0.05) is 34.2 Å². The molecular weight excluding hydrogens is 378 g/mol. The van der Waals surface area contributed by atoms with Gasteiger partial charge in [-0.2, -0.15) is 0 Å². The lowest BCUT2D eigenvalue weighted by Gasteiger charge is -2.26. The molecule has 4 amide bonds. The average Bonchev–Trinajstić information content (AvgIpc) is 2.91. The van der Waals surface area contributed by atoms with E-state index in [0.717, 1.165) is 27.1 Å². The van der Waals surface area contributed by atoms with Gasteiger partial charge in [0.1, 0.15) is 5.57 Å². The zero-order valence-electron chi connectivity index (χ0n) is 15.2. The van der Waals surface area contributed by atoms with Crippen molar-refractivity contribution in [1.82, 2.24) is 9.88 Å². The number of nitrogens with zero attached hydrogens (tertiary/aromatic N) is 2. The van der Waals surface area contributed by atoms with E-state index in [1.54, 1.807) is 30.3 Å². The second-order valence-corrected chi connectivity index (χ2v) is 6.95. The third-order valence-electron chi connectivity index (χ3n) is 4.92. The highest BCUT2D eigenvalue weighted by Gasteiger charge is 2.37. The molecule has 3 aromatic rings. The Balaban J connectivity index is 1.84. The molecule has 1 aromatic heterocycles. The predicted molar refractivity (Wildman–Crippen MR) is 108 cm³/mol. The van der Waals surface area contributed by atoms with Gasteiger partial charge in [-0.1, -0.05) is 29.8 Å². The topological polar surface area (TPSA) is 71.4 Å². The lowest BCUT2D eigenvalue weighted by Crippen LogP contribution is -2.54. The minimum Gasteiger partial charge on any atom is -0.347 e. The fraction of sp³-hybridized carbons (Fsp3) is 0.0952. The van der Waals surface area contributed by atoms with Gasteiger partial charge in [0.2, 0.25) is 0 Å². The zero-order chi connectivity index (χ0) is 20.0. The van der Waals surface area contributed by atoms with Crippen molar-refractivity contribution in [2.24, 2.45) is 7.05 Å². The first kappa shape index (κ1) is 18.0. The van der Waals surface area contributed by atoms with Crippen molar-refractivity contribution in [3.8, 4) is 0 Å². The lowest BCUT2D eigenvalue weighted by molar-refractivity contribution is -0.122. The summed E-state index contributed by atoms with van der Waals surface area (Å²) in [6.07, 6.45) is 1.55. The molecule has 2 aromatic carbocycles. The van der Waals surface area contributed by atoms with E-state index >= 15 is 0 Å². The van der Waals surface area contributed by atoms with E-state index < -0.39 is 17.8 Å². The second kappa shape index (κ2) is 6.65. The predicted octanol–water partition coefficient (Wildman–Crippen LogP) is 3.81. The first-order valence-corrected chi connectivity index (χ1v) is 8.97. The number of aromatic nitrogens is 1. The third-order valence-corrected chi connectivity index (χ3v) is 5.18. The van der Waals surface area contributed by atoms with Crippen molar-refractivity contribution in [2.75, 3.05) is 4.90 Å². The molecule has 7 heteroatoms. The van der Waals surface area contributed by atoms with Crippen molar-refractivity contribution < 1.29 is 14.4 Å². The number of para-hydroxylation sites is 1. The number of carbonyl (C=O) groups excluding carboxylic acids is 3. The van der Waals surface area contributed by atoms with Crippen molar-refractivity contribution in [2.45, 2.75) is 6.92 Å². The van der Waals surface area contributed by atoms with Gasteiger partial charge in [-0.25, -0.2) is 9.69 Å². The van der Waals surface area contributed by atoms with Gasteiger partial charge in [0.05, 0.1) is 5.69 Å². The van der Waals surface area contributed by atoms with Crippen molar-refractivity contribution >= 4 is 52.1 Å². The molecule has 1 N–H and O–H groups in total. The van der Waals surface area contributed by atoms with Crippen LogP contribution in [-0.4, -0.2) is 22.4 Å². The molecule has 2 heterocycles. The van der Waals surface area contributed by atoms with E-state index in [-0.39, 0.29) is 5.57 Å². The van der Waals surface area contributed by atoms with E-state index in [0.29, 0.717) is 10.7 Å². The summed E-state index contributed by atoms with van der Waals surface area (Å²) in [5.41, 5.74) is 2.89. The summed E-state index contributed by atoms with van der Waals surface area (Å²) in [7, 11) is 1.92. The molecule has 1 aliphatic heterocycles. The Hall–Kier alpha value is -3.38. The number of nitrogens with one attached hydrogen (secondary N) is 1. The van der Waals surface area contributed by atoms with Crippen LogP contribution in [0.4, 0.5) is 10.5 Å². The number of amides is 4. The Morgan fingerprint density at radius 2 is 1.68 bits per heavy atom. The lowest BCUT2D eigenvalue weighted by atomic mass is 10.0. The molecule has 1 saturated heterocycles. The van der Waals surface area contributed by atoms with Gasteiger partial charge in [-0.3, -0.25) is 14.9 Å². The molecule has 0 bridgehead atoms. The molecule has 0 unspecified atom stereocenters. The number of rotatable bonds is 2. The van der Waals surface area contributed by atoms with E-state index in [9.17, 15) is 14.4 Å². The van der Waals surface area contributed by atoms with E-state index in [2.05, 4.69) is 5.32 Å². The van der Waals surface area contributed by atoms with Crippen LogP contribution in [0.15, 0.2) is 54.1 Å². The first-order chi connectivity index (χ1) is 13.4. The first-order valence-electron chi connectivity index (χ1n) is 8.59. The summed E-state index contributed by atoms with van der Waals surface area (Å²) in [4.78, 5) is 38.7.